The van der Waals surface area contributed by atoms with Gasteiger partial charge in [0.15, 0.2) is 0 Å². The maximum atomic E-state index is 13.0. The lowest BCUT2D eigenvalue weighted by molar-refractivity contribution is 0.0785. The zero-order chi connectivity index (χ0) is 23.7. The standard InChI is InChI=1S/C28H23N3O3/c1-30(17-19-7-8-22-16-24(34-2)14-11-21(22)15-19)27(32)20-9-12-23(13-10-20)31-18-29-26-6-4-3-5-25(26)28(31)33/h3-16,18H,17H2,1-2H3. The minimum atomic E-state index is -0.143. The lowest BCUT2D eigenvalue weighted by Gasteiger charge is -2.18. The minimum absolute atomic E-state index is 0.0923. The van der Waals surface area contributed by atoms with Gasteiger partial charge in [-0.2, -0.15) is 0 Å². The Morgan fingerprint density at radius 1 is 0.941 bits per heavy atom. The highest BCUT2D eigenvalue weighted by atomic mass is 16.5. The van der Waals surface area contributed by atoms with E-state index in [1.54, 1.807) is 49.4 Å². The molecule has 0 aliphatic carbocycles. The summed E-state index contributed by atoms with van der Waals surface area (Å²) in [5, 5.41) is 2.74. The fourth-order valence-electron chi connectivity index (χ4n) is 4.08. The Hall–Kier alpha value is -4.45. The molecule has 6 heteroatoms. The summed E-state index contributed by atoms with van der Waals surface area (Å²) in [5.41, 5.74) is 2.77. The molecule has 0 radical (unpaired) electrons. The highest BCUT2D eigenvalue weighted by molar-refractivity contribution is 5.94. The molecule has 4 aromatic carbocycles. The quantitative estimate of drug-likeness (QED) is 0.386. The fraction of sp³-hybridized carbons (Fsp3) is 0.107. The van der Waals surface area contributed by atoms with E-state index in [2.05, 4.69) is 11.1 Å². The van der Waals surface area contributed by atoms with Crippen LogP contribution in [0, 0.1) is 0 Å². The van der Waals surface area contributed by atoms with Crippen LogP contribution in [0.1, 0.15) is 15.9 Å². The summed E-state index contributed by atoms with van der Waals surface area (Å²) in [6, 6.07) is 26.3. The Balaban J connectivity index is 1.34. The van der Waals surface area contributed by atoms with Gasteiger partial charge in [-0.3, -0.25) is 14.2 Å². The van der Waals surface area contributed by atoms with Crippen molar-refractivity contribution in [1.29, 1.82) is 0 Å². The number of ether oxygens (including phenoxy) is 1. The van der Waals surface area contributed by atoms with Crippen LogP contribution in [0.5, 0.6) is 5.75 Å². The van der Waals surface area contributed by atoms with Crippen LogP contribution < -0.4 is 10.3 Å². The van der Waals surface area contributed by atoms with Crippen LogP contribution in [0.15, 0.2) is 96.1 Å². The number of para-hydroxylation sites is 1. The molecule has 6 nitrogen and oxygen atoms in total. The molecule has 0 bridgehead atoms. The van der Waals surface area contributed by atoms with Crippen molar-refractivity contribution in [3.05, 3.63) is 113 Å². The SMILES string of the molecule is COc1ccc2cc(CN(C)C(=O)c3ccc(-n4cnc5ccccc5c4=O)cc3)ccc2c1. The number of aromatic nitrogens is 2. The first-order chi connectivity index (χ1) is 16.5. The van der Waals surface area contributed by atoms with Crippen molar-refractivity contribution in [3.63, 3.8) is 0 Å². The van der Waals surface area contributed by atoms with Crippen molar-refractivity contribution < 1.29 is 9.53 Å². The third kappa shape index (κ3) is 4.01. The highest BCUT2D eigenvalue weighted by Gasteiger charge is 2.13. The number of rotatable bonds is 5. The molecule has 1 heterocycles. The summed E-state index contributed by atoms with van der Waals surface area (Å²) in [7, 11) is 3.44. The number of nitrogens with zero attached hydrogens (tertiary/aromatic N) is 3. The summed E-state index contributed by atoms with van der Waals surface area (Å²) in [6.45, 7) is 0.483. The maximum absolute atomic E-state index is 13.0. The second-order valence-corrected chi connectivity index (χ2v) is 8.19. The summed E-state index contributed by atoms with van der Waals surface area (Å²) in [4.78, 5) is 31.9. The first-order valence-corrected chi connectivity index (χ1v) is 10.9. The Labute approximate surface area is 196 Å². The number of amides is 1. The molecule has 0 aliphatic heterocycles. The van der Waals surface area contributed by atoms with Gasteiger partial charge in [0.2, 0.25) is 0 Å². The van der Waals surface area contributed by atoms with E-state index in [9.17, 15) is 9.59 Å². The van der Waals surface area contributed by atoms with E-state index >= 15 is 0 Å². The van der Waals surface area contributed by atoms with Gasteiger partial charge in [0.05, 0.1) is 23.7 Å². The number of carbonyl (C=O) groups excluding carboxylic acids is 1. The number of fused-ring (bicyclic) bond motifs is 2. The number of benzene rings is 4. The van der Waals surface area contributed by atoms with E-state index in [4.69, 9.17) is 4.74 Å². The lowest BCUT2D eigenvalue weighted by Crippen LogP contribution is -2.26. The molecule has 1 amide bonds. The fourth-order valence-corrected chi connectivity index (χ4v) is 4.08. The zero-order valence-corrected chi connectivity index (χ0v) is 18.9. The lowest BCUT2D eigenvalue weighted by atomic mass is 10.1. The van der Waals surface area contributed by atoms with Crippen LogP contribution in [0.3, 0.4) is 0 Å². The second-order valence-electron chi connectivity index (χ2n) is 8.19. The van der Waals surface area contributed by atoms with E-state index < -0.39 is 0 Å². The molecule has 0 aliphatic rings. The van der Waals surface area contributed by atoms with Crippen molar-refractivity contribution >= 4 is 27.6 Å². The van der Waals surface area contributed by atoms with Gasteiger partial charge in [0.1, 0.15) is 12.1 Å². The molecule has 0 saturated heterocycles. The largest absolute Gasteiger partial charge is 0.497 e. The molecule has 5 aromatic rings. The summed E-state index contributed by atoms with van der Waals surface area (Å²) >= 11 is 0. The predicted octanol–water partition coefficient (Wildman–Crippen LogP) is 4.82. The molecule has 0 unspecified atom stereocenters. The molecule has 34 heavy (non-hydrogen) atoms. The van der Waals surface area contributed by atoms with E-state index in [0.29, 0.717) is 28.7 Å². The number of methoxy groups -OCH3 is 1. The van der Waals surface area contributed by atoms with Crippen molar-refractivity contribution in [3.8, 4) is 11.4 Å². The molecule has 0 spiro atoms. The summed E-state index contributed by atoms with van der Waals surface area (Å²) in [5.74, 6) is 0.725. The number of hydrogen-bond acceptors (Lipinski definition) is 4. The first kappa shape index (κ1) is 21.4. The smallest absolute Gasteiger partial charge is 0.265 e. The Bertz CT molecular complexity index is 1570. The topological polar surface area (TPSA) is 64.4 Å². The van der Waals surface area contributed by atoms with Crippen LogP contribution in [0.4, 0.5) is 0 Å². The third-order valence-electron chi connectivity index (χ3n) is 5.94. The summed E-state index contributed by atoms with van der Waals surface area (Å²) in [6.07, 6.45) is 1.52. The average molecular weight is 450 g/mol. The van der Waals surface area contributed by atoms with Gasteiger partial charge in [-0.05, 0) is 70.9 Å². The Kier molecular flexibility index (Phi) is 5.55. The maximum Gasteiger partial charge on any atom is 0.265 e. The third-order valence-corrected chi connectivity index (χ3v) is 5.94. The molecule has 0 atom stereocenters. The van der Waals surface area contributed by atoms with Crippen molar-refractivity contribution in [2.45, 2.75) is 6.54 Å². The molecule has 0 fully saturated rings. The molecule has 1 aromatic heterocycles. The van der Waals surface area contributed by atoms with E-state index in [-0.39, 0.29) is 11.5 Å². The zero-order valence-electron chi connectivity index (χ0n) is 18.9. The van der Waals surface area contributed by atoms with Gasteiger partial charge in [-0.15, -0.1) is 0 Å². The van der Waals surface area contributed by atoms with Crippen LogP contribution in [0.25, 0.3) is 27.4 Å². The van der Waals surface area contributed by atoms with Crippen molar-refractivity contribution in [2.75, 3.05) is 14.2 Å². The predicted molar refractivity (Wildman–Crippen MR) is 134 cm³/mol. The van der Waals surface area contributed by atoms with Crippen LogP contribution in [-0.4, -0.2) is 34.5 Å². The first-order valence-electron chi connectivity index (χ1n) is 10.9. The van der Waals surface area contributed by atoms with Crippen LogP contribution >= 0.6 is 0 Å². The molecule has 5 rings (SSSR count). The molecular formula is C28H23N3O3. The van der Waals surface area contributed by atoms with Gasteiger partial charge >= 0.3 is 0 Å². The molecule has 0 saturated carbocycles. The average Bonchev–Trinajstić information content (AvgIpc) is 2.88. The van der Waals surface area contributed by atoms with E-state index in [1.165, 1.54) is 10.9 Å². The second kappa shape index (κ2) is 8.83. The van der Waals surface area contributed by atoms with Gasteiger partial charge in [-0.1, -0.05) is 30.3 Å². The minimum Gasteiger partial charge on any atom is -0.497 e. The number of hydrogen-bond donors (Lipinski definition) is 0. The summed E-state index contributed by atoms with van der Waals surface area (Å²) < 4.78 is 6.77. The number of carbonyl (C=O) groups is 1. The van der Waals surface area contributed by atoms with Crippen molar-refractivity contribution in [1.82, 2.24) is 14.5 Å². The van der Waals surface area contributed by atoms with Gasteiger partial charge in [-0.25, -0.2) is 4.98 Å². The van der Waals surface area contributed by atoms with Gasteiger partial charge in [0, 0.05) is 19.2 Å². The van der Waals surface area contributed by atoms with Gasteiger partial charge in [0.25, 0.3) is 11.5 Å². The molecular weight excluding hydrogens is 426 g/mol. The molecule has 168 valence electrons. The van der Waals surface area contributed by atoms with Crippen LogP contribution in [-0.2, 0) is 6.54 Å². The Morgan fingerprint density at radius 3 is 2.47 bits per heavy atom. The van der Waals surface area contributed by atoms with E-state index in [1.807, 2.05) is 48.5 Å². The van der Waals surface area contributed by atoms with E-state index in [0.717, 1.165) is 22.1 Å². The van der Waals surface area contributed by atoms with Gasteiger partial charge < -0.3 is 9.64 Å². The van der Waals surface area contributed by atoms with Crippen molar-refractivity contribution in [2.24, 2.45) is 0 Å². The Morgan fingerprint density at radius 2 is 1.68 bits per heavy atom. The normalized spacial score (nSPS) is 11.0. The highest BCUT2D eigenvalue weighted by Crippen LogP contribution is 2.22. The monoisotopic (exact) mass is 449 g/mol. The molecule has 0 N–H and O–H groups in total. The van der Waals surface area contributed by atoms with Crippen LogP contribution in [0.2, 0.25) is 0 Å².